The van der Waals surface area contributed by atoms with Gasteiger partial charge in [-0.05, 0) is 30.5 Å². The highest BCUT2D eigenvalue weighted by Crippen LogP contribution is 2.23. The van der Waals surface area contributed by atoms with Crippen molar-refractivity contribution < 1.29 is 14.6 Å². The van der Waals surface area contributed by atoms with Gasteiger partial charge in [0, 0.05) is 13.2 Å². The van der Waals surface area contributed by atoms with Gasteiger partial charge in [-0.2, -0.15) is 0 Å². The monoisotopic (exact) mass is 249 g/mol. The van der Waals surface area contributed by atoms with Crippen molar-refractivity contribution in [3.8, 4) is 5.75 Å². The zero-order valence-electron chi connectivity index (χ0n) is 10.6. The van der Waals surface area contributed by atoms with Crippen LogP contribution in [0.3, 0.4) is 0 Å². The van der Waals surface area contributed by atoms with Crippen molar-refractivity contribution in [3.63, 3.8) is 0 Å². The number of carbonyl (C=O) groups is 1. The average Bonchev–Trinajstić information content (AvgIpc) is 2.84. The van der Waals surface area contributed by atoms with Crippen molar-refractivity contribution >= 4 is 5.91 Å². The molecule has 1 aromatic carbocycles. The summed E-state index contributed by atoms with van der Waals surface area (Å²) >= 11 is 0. The first kappa shape index (κ1) is 12.9. The lowest BCUT2D eigenvalue weighted by Gasteiger charge is -2.16. The van der Waals surface area contributed by atoms with E-state index in [4.69, 9.17) is 4.74 Å². The van der Waals surface area contributed by atoms with Crippen LogP contribution in [0.5, 0.6) is 5.75 Å². The van der Waals surface area contributed by atoms with Gasteiger partial charge in [0.2, 0.25) is 5.91 Å². The second kappa shape index (κ2) is 5.87. The number of benzene rings is 1. The van der Waals surface area contributed by atoms with Crippen LogP contribution >= 0.6 is 0 Å². The molecule has 2 atom stereocenters. The topological polar surface area (TPSA) is 58.6 Å². The van der Waals surface area contributed by atoms with Crippen LogP contribution in [-0.2, 0) is 16.1 Å². The first-order valence-corrected chi connectivity index (χ1v) is 6.38. The van der Waals surface area contributed by atoms with Gasteiger partial charge in [-0.3, -0.25) is 4.79 Å². The second-order valence-corrected chi connectivity index (χ2v) is 4.60. The SMILES string of the molecule is CCC1OCCC1C(=O)NCc1cccc(O)c1. The van der Waals surface area contributed by atoms with Gasteiger partial charge in [-0.1, -0.05) is 19.1 Å². The van der Waals surface area contributed by atoms with E-state index in [1.807, 2.05) is 13.0 Å². The van der Waals surface area contributed by atoms with Crippen LogP contribution < -0.4 is 5.32 Å². The molecule has 1 heterocycles. The molecule has 2 unspecified atom stereocenters. The number of amides is 1. The maximum Gasteiger partial charge on any atom is 0.226 e. The Morgan fingerprint density at radius 3 is 3.11 bits per heavy atom. The fourth-order valence-electron chi connectivity index (χ4n) is 2.34. The summed E-state index contributed by atoms with van der Waals surface area (Å²) in [6.45, 7) is 3.15. The number of phenols is 1. The number of hydrogen-bond donors (Lipinski definition) is 2. The summed E-state index contributed by atoms with van der Waals surface area (Å²) in [6, 6.07) is 6.92. The Labute approximate surface area is 107 Å². The first-order valence-electron chi connectivity index (χ1n) is 6.38. The van der Waals surface area contributed by atoms with Gasteiger partial charge in [0.25, 0.3) is 0 Å². The molecule has 1 amide bonds. The van der Waals surface area contributed by atoms with Crippen LogP contribution in [0.2, 0.25) is 0 Å². The smallest absolute Gasteiger partial charge is 0.226 e. The Morgan fingerprint density at radius 1 is 1.56 bits per heavy atom. The van der Waals surface area contributed by atoms with E-state index in [1.54, 1.807) is 18.2 Å². The van der Waals surface area contributed by atoms with E-state index in [2.05, 4.69) is 5.32 Å². The van der Waals surface area contributed by atoms with E-state index >= 15 is 0 Å². The van der Waals surface area contributed by atoms with Crippen molar-refractivity contribution in [2.45, 2.75) is 32.4 Å². The van der Waals surface area contributed by atoms with Crippen molar-refractivity contribution in [1.29, 1.82) is 0 Å². The van der Waals surface area contributed by atoms with Crippen molar-refractivity contribution in [1.82, 2.24) is 5.32 Å². The summed E-state index contributed by atoms with van der Waals surface area (Å²) in [5, 5.41) is 12.2. The van der Waals surface area contributed by atoms with E-state index < -0.39 is 0 Å². The molecule has 4 heteroatoms. The maximum absolute atomic E-state index is 12.0. The summed E-state index contributed by atoms with van der Waals surface area (Å²) in [5.41, 5.74) is 0.898. The molecule has 1 aliphatic heterocycles. The Hall–Kier alpha value is -1.55. The summed E-state index contributed by atoms with van der Waals surface area (Å²) in [4.78, 5) is 12.0. The maximum atomic E-state index is 12.0. The lowest BCUT2D eigenvalue weighted by molar-refractivity contribution is -0.126. The van der Waals surface area contributed by atoms with Crippen LogP contribution in [0.4, 0.5) is 0 Å². The fourth-order valence-corrected chi connectivity index (χ4v) is 2.34. The quantitative estimate of drug-likeness (QED) is 0.855. The minimum absolute atomic E-state index is 0.0349. The molecule has 0 radical (unpaired) electrons. The molecular weight excluding hydrogens is 230 g/mol. The molecule has 4 nitrogen and oxygen atoms in total. The highest BCUT2D eigenvalue weighted by molar-refractivity contribution is 5.79. The molecule has 1 fully saturated rings. The average molecular weight is 249 g/mol. The number of phenolic OH excluding ortho intramolecular Hbond substituents is 1. The van der Waals surface area contributed by atoms with Gasteiger partial charge in [-0.25, -0.2) is 0 Å². The first-order chi connectivity index (χ1) is 8.70. The third kappa shape index (κ3) is 3.01. The van der Waals surface area contributed by atoms with Crippen LogP contribution in [0.25, 0.3) is 0 Å². The van der Waals surface area contributed by atoms with Crippen LogP contribution in [0.15, 0.2) is 24.3 Å². The Morgan fingerprint density at radius 2 is 2.39 bits per heavy atom. The zero-order valence-corrected chi connectivity index (χ0v) is 10.6. The molecule has 2 rings (SSSR count). The van der Waals surface area contributed by atoms with Crippen molar-refractivity contribution in [3.05, 3.63) is 29.8 Å². The number of carbonyl (C=O) groups excluding carboxylic acids is 1. The van der Waals surface area contributed by atoms with Crippen molar-refractivity contribution in [2.24, 2.45) is 5.92 Å². The standard InChI is InChI=1S/C14H19NO3/c1-2-13-12(6-7-18-13)14(17)15-9-10-4-3-5-11(16)8-10/h3-5,8,12-13,16H,2,6-7,9H2,1H3,(H,15,17). The lowest BCUT2D eigenvalue weighted by Crippen LogP contribution is -2.34. The van der Waals surface area contributed by atoms with Gasteiger partial charge in [-0.15, -0.1) is 0 Å². The third-order valence-electron chi connectivity index (χ3n) is 3.33. The van der Waals surface area contributed by atoms with E-state index in [9.17, 15) is 9.90 Å². The predicted octanol–water partition coefficient (Wildman–Crippen LogP) is 1.82. The van der Waals surface area contributed by atoms with E-state index in [0.29, 0.717) is 13.2 Å². The number of rotatable bonds is 4. The molecule has 0 aromatic heterocycles. The molecule has 0 spiro atoms. The second-order valence-electron chi connectivity index (χ2n) is 4.60. The number of nitrogens with one attached hydrogen (secondary N) is 1. The molecular formula is C14H19NO3. The minimum Gasteiger partial charge on any atom is -0.508 e. The van der Waals surface area contributed by atoms with Crippen LogP contribution in [-0.4, -0.2) is 23.7 Å². The summed E-state index contributed by atoms with van der Waals surface area (Å²) in [7, 11) is 0. The Bertz CT molecular complexity index is 419. The van der Waals surface area contributed by atoms with Crippen LogP contribution in [0, 0.1) is 5.92 Å². The van der Waals surface area contributed by atoms with Gasteiger partial charge in [0.05, 0.1) is 12.0 Å². The molecule has 0 bridgehead atoms. The molecule has 1 saturated heterocycles. The largest absolute Gasteiger partial charge is 0.508 e. The van der Waals surface area contributed by atoms with Crippen LogP contribution in [0.1, 0.15) is 25.3 Å². The molecule has 18 heavy (non-hydrogen) atoms. The normalized spacial score (nSPS) is 22.9. The molecule has 0 aliphatic carbocycles. The summed E-state index contributed by atoms with van der Waals surface area (Å²) < 4.78 is 5.51. The molecule has 98 valence electrons. The predicted molar refractivity (Wildman–Crippen MR) is 68.1 cm³/mol. The third-order valence-corrected chi connectivity index (χ3v) is 3.33. The molecule has 1 aromatic rings. The van der Waals surface area contributed by atoms with E-state index in [0.717, 1.165) is 18.4 Å². The van der Waals surface area contributed by atoms with Gasteiger partial charge in [0.1, 0.15) is 5.75 Å². The molecule has 1 aliphatic rings. The lowest BCUT2D eigenvalue weighted by atomic mass is 9.98. The Kier molecular flexibility index (Phi) is 4.20. The number of ether oxygens (including phenoxy) is 1. The van der Waals surface area contributed by atoms with Gasteiger partial charge in [0.15, 0.2) is 0 Å². The Balaban J connectivity index is 1.88. The van der Waals surface area contributed by atoms with Gasteiger partial charge < -0.3 is 15.2 Å². The number of aromatic hydroxyl groups is 1. The molecule has 2 N–H and O–H groups in total. The zero-order chi connectivity index (χ0) is 13.0. The highest BCUT2D eigenvalue weighted by atomic mass is 16.5. The fraction of sp³-hybridized carbons (Fsp3) is 0.500. The minimum atomic E-state index is -0.0349. The van der Waals surface area contributed by atoms with E-state index in [1.165, 1.54) is 0 Å². The van der Waals surface area contributed by atoms with Gasteiger partial charge >= 0.3 is 0 Å². The van der Waals surface area contributed by atoms with Crippen molar-refractivity contribution in [2.75, 3.05) is 6.61 Å². The highest BCUT2D eigenvalue weighted by Gasteiger charge is 2.32. The summed E-state index contributed by atoms with van der Waals surface area (Å²) in [5.74, 6) is 0.229. The summed E-state index contributed by atoms with van der Waals surface area (Å²) in [6.07, 6.45) is 1.71. The number of hydrogen-bond acceptors (Lipinski definition) is 3. The van der Waals surface area contributed by atoms with E-state index in [-0.39, 0.29) is 23.7 Å². The molecule has 0 saturated carbocycles.